The number of likely N-dealkylation sites (tertiary alicyclic amines) is 1. The van der Waals surface area contributed by atoms with Crippen molar-refractivity contribution in [1.82, 2.24) is 10.2 Å². The minimum atomic E-state index is 0.840. The Labute approximate surface area is 94.4 Å². The molecule has 2 heterocycles. The molecule has 2 fully saturated rings. The quantitative estimate of drug-likeness (QED) is 0.765. The minimum Gasteiger partial charge on any atom is -0.314 e. The Kier molecular flexibility index (Phi) is 4.45. The molecule has 2 nitrogen and oxygen atoms in total. The lowest BCUT2D eigenvalue weighted by molar-refractivity contribution is 0.179. The lowest BCUT2D eigenvalue weighted by atomic mass is 10.00. The molecule has 0 aliphatic carbocycles. The molecular formula is C13H26N2. The third-order valence-corrected chi connectivity index (χ3v) is 3.93. The van der Waals surface area contributed by atoms with Crippen molar-refractivity contribution >= 4 is 0 Å². The first kappa shape index (κ1) is 11.4. The molecule has 0 aromatic heterocycles. The van der Waals surface area contributed by atoms with Gasteiger partial charge in [-0.25, -0.2) is 0 Å². The van der Waals surface area contributed by atoms with E-state index in [9.17, 15) is 0 Å². The van der Waals surface area contributed by atoms with Gasteiger partial charge >= 0.3 is 0 Å². The Bertz CT molecular complexity index is 175. The van der Waals surface area contributed by atoms with Gasteiger partial charge in [-0.05, 0) is 64.1 Å². The van der Waals surface area contributed by atoms with Crippen LogP contribution in [0.3, 0.4) is 0 Å². The predicted octanol–water partition coefficient (Wildman–Crippen LogP) is 2.25. The van der Waals surface area contributed by atoms with Gasteiger partial charge in [-0.3, -0.25) is 0 Å². The van der Waals surface area contributed by atoms with E-state index in [1.54, 1.807) is 0 Å². The largest absolute Gasteiger partial charge is 0.314 e. The average molecular weight is 210 g/mol. The SMILES string of the molecule is CC1CCCN(CCCC2CCCN2)C1. The van der Waals surface area contributed by atoms with Gasteiger partial charge in [0, 0.05) is 12.6 Å². The van der Waals surface area contributed by atoms with Crippen LogP contribution in [0.4, 0.5) is 0 Å². The fourth-order valence-electron chi connectivity index (χ4n) is 3.05. The lowest BCUT2D eigenvalue weighted by Crippen LogP contribution is -2.35. The molecule has 0 bridgehead atoms. The van der Waals surface area contributed by atoms with Crippen molar-refractivity contribution in [3.8, 4) is 0 Å². The maximum absolute atomic E-state index is 3.58. The van der Waals surface area contributed by atoms with Crippen molar-refractivity contribution in [1.29, 1.82) is 0 Å². The third-order valence-electron chi connectivity index (χ3n) is 3.93. The van der Waals surface area contributed by atoms with Crippen molar-refractivity contribution < 1.29 is 0 Å². The smallest absolute Gasteiger partial charge is 0.00680 e. The predicted molar refractivity (Wildman–Crippen MR) is 65.1 cm³/mol. The van der Waals surface area contributed by atoms with Crippen LogP contribution in [0.5, 0.6) is 0 Å². The zero-order valence-electron chi connectivity index (χ0n) is 10.2. The highest BCUT2D eigenvalue weighted by Gasteiger charge is 2.17. The number of piperidine rings is 1. The molecule has 2 heteroatoms. The minimum absolute atomic E-state index is 0.840. The van der Waals surface area contributed by atoms with Gasteiger partial charge < -0.3 is 10.2 Å². The van der Waals surface area contributed by atoms with E-state index in [-0.39, 0.29) is 0 Å². The van der Waals surface area contributed by atoms with Crippen LogP contribution < -0.4 is 5.32 Å². The van der Waals surface area contributed by atoms with Crippen LogP contribution in [0.1, 0.15) is 45.4 Å². The zero-order valence-corrected chi connectivity index (χ0v) is 10.2. The summed E-state index contributed by atoms with van der Waals surface area (Å²) in [6.45, 7) is 7.68. The molecule has 2 saturated heterocycles. The Morgan fingerprint density at radius 2 is 2.20 bits per heavy atom. The van der Waals surface area contributed by atoms with Crippen LogP contribution in [0.15, 0.2) is 0 Å². The van der Waals surface area contributed by atoms with Gasteiger partial charge in [0.05, 0.1) is 0 Å². The van der Waals surface area contributed by atoms with Gasteiger partial charge in [0.15, 0.2) is 0 Å². The van der Waals surface area contributed by atoms with E-state index in [1.807, 2.05) is 0 Å². The first-order valence-corrected chi connectivity index (χ1v) is 6.80. The maximum atomic E-state index is 3.58. The fourth-order valence-corrected chi connectivity index (χ4v) is 3.05. The van der Waals surface area contributed by atoms with Gasteiger partial charge in [0.1, 0.15) is 0 Å². The van der Waals surface area contributed by atoms with Crippen molar-refractivity contribution in [2.24, 2.45) is 5.92 Å². The van der Waals surface area contributed by atoms with Gasteiger partial charge in [0.25, 0.3) is 0 Å². The van der Waals surface area contributed by atoms with Crippen molar-refractivity contribution in [2.45, 2.75) is 51.5 Å². The molecule has 15 heavy (non-hydrogen) atoms. The molecule has 0 radical (unpaired) electrons. The first-order valence-electron chi connectivity index (χ1n) is 6.80. The molecule has 88 valence electrons. The van der Waals surface area contributed by atoms with Crippen LogP contribution in [-0.4, -0.2) is 37.1 Å². The van der Waals surface area contributed by atoms with E-state index in [0.29, 0.717) is 0 Å². The number of nitrogens with one attached hydrogen (secondary N) is 1. The van der Waals surface area contributed by atoms with Crippen LogP contribution in [0.2, 0.25) is 0 Å². The Balaban J connectivity index is 1.56. The summed E-state index contributed by atoms with van der Waals surface area (Å²) in [5, 5.41) is 3.58. The number of nitrogens with zero attached hydrogens (tertiary/aromatic N) is 1. The molecule has 0 saturated carbocycles. The second kappa shape index (κ2) is 5.86. The van der Waals surface area contributed by atoms with Gasteiger partial charge in [-0.15, -0.1) is 0 Å². The van der Waals surface area contributed by atoms with E-state index in [1.165, 1.54) is 64.7 Å². The van der Waals surface area contributed by atoms with Crippen molar-refractivity contribution in [2.75, 3.05) is 26.2 Å². The molecular weight excluding hydrogens is 184 g/mol. The van der Waals surface area contributed by atoms with Crippen LogP contribution in [0, 0.1) is 5.92 Å². The monoisotopic (exact) mass is 210 g/mol. The van der Waals surface area contributed by atoms with Gasteiger partial charge in [-0.2, -0.15) is 0 Å². The number of hydrogen-bond acceptors (Lipinski definition) is 2. The summed E-state index contributed by atoms with van der Waals surface area (Å²) in [6, 6.07) is 0.840. The lowest BCUT2D eigenvalue weighted by Gasteiger charge is -2.31. The maximum Gasteiger partial charge on any atom is 0.00680 e. The Morgan fingerprint density at radius 1 is 1.27 bits per heavy atom. The summed E-state index contributed by atoms with van der Waals surface area (Å²) in [5.41, 5.74) is 0. The normalized spacial score (nSPS) is 33.4. The molecule has 0 amide bonds. The highest BCUT2D eigenvalue weighted by atomic mass is 15.1. The summed E-state index contributed by atoms with van der Waals surface area (Å²) in [6.07, 6.45) is 8.46. The van der Waals surface area contributed by atoms with E-state index in [4.69, 9.17) is 0 Å². The molecule has 2 unspecified atom stereocenters. The number of hydrogen-bond donors (Lipinski definition) is 1. The second-order valence-corrected chi connectivity index (χ2v) is 5.48. The highest BCUT2D eigenvalue weighted by Crippen LogP contribution is 2.17. The molecule has 2 rings (SSSR count). The van der Waals surface area contributed by atoms with Gasteiger partial charge in [-0.1, -0.05) is 6.92 Å². The molecule has 0 spiro atoms. The molecule has 2 aliphatic heterocycles. The second-order valence-electron chi connectivity index (χ2n) is 5.48. The van der Waals surface area contributed by atoms with E-state index in [2.05, 4.69) is 17.1 Å². The molecule has 2 atom stereocenters. The summed E-state index contributed by atoms with van der Waals surface area (Å²) in [4.78, 5) is 2.67. The van der Waals surface area contributed by atoms with Gasteiger partial charge in [0.2, 0.25) is 0 Å². The number of rotatable bonds is 4. The summed E-state index contributed by atoms with van der Waals surface area (Å²) in [5.74, 6) is 0.934. The zero-order chi connectivity index (χ0) is 10.5. The van der Waals surface area contributed by atoms with E-state index < -0.39 is 0 Å². The van der Waals surface area contributed by atoms with E-state index >= 15 is 0 Å². The molecule has 0 aromatic rings. The first-order chi connectivity index (χ1) is 7.34. The summed E-state index contributed by atoms with van der Waals surface area (Å²) in [7, 11) is 0. The molecule has 1 N–H and O–H groups in total. The Hall–Kier alpha value is -0.0800. The fraction of sp³-hybridized carbons (Fsp3) is 1.00. The summed E-state index contributed by atoms with van der Waals surface area (Å²) < 4.78 is 0. The standard InChI is InChI=1S/C13H26N2/c1-12-5-3-9-15(11-12)10-4-7-13-6-2-8-14-13/h12-14H,2-11H2,1H3. The van der Waals surface area contributed by atoms with Crippen LogP contribution >= 0.6 is 0 Å². The highest BCUT2D eigenvalue weighted by molar-refractivity contribution is 4.75. The van der Waals surface area contributed by atoms with Crippen molar-refractivity contribution in [3.05, 3.63) is 0 Å². The third kappa shape index (κ3) is 3.76. The Morgan fingerprint density at radius 3 is 2.93 bits per heavy atom. The van der Waals surface area contributed by atoms with E-state index in [0.717, 1.165) is 12.0 Å². The average Bonchev–Trinajstić information content (AvgIpc) is 2.71. The summed E-state index contributed by atoms with van der Waals surface area (Å²) >= 11 is 0. The van der Waals surface area contributed by atoms with Crippen LogP contribution in [0.25, 0.3) is 0 Å². The van der Waals surface area contributed by atoms with Crippen molar-refractivity contribution in [3.63, 3.8) is 0 Å². The topological polar surface area (TPSA) is 15.3 Å². The molecule has 0 aromatic carbocycles. The van der Waals surface area contributed by atoms with Crippen LogP contribution in [-0.2, 0) is 0 Å². The molecule has 2 aliphatic rings.